The van der Waals surface area contributed by atoms with Crippen LogP contribution in [0.1, 0.15) is 40.5 Å². The molecule has 0 aliphatic rings. The topological polar surface area (TPSA) is 52.6 Å². The van der Waals surface area contributed by atoms with Crippen LogP contribution in [0, 0.1) is 0 Å². The normalized spacial score (nSPS) is 12.7. The maximum absolute atomic E-state index is 11.7. The molecule has 0 aliphatic carbocycles. The summed E-state index contributed by atoms with van der Waals surface area (Å²) in [6, 6.07) is 0.0283. The van der Waals surface area contributed by atoms with E-state index < -0.39 is 6.10 Å². The standard InChI is InChI=1S/C11H24N2O2/c1-5-6-7-12-11(15)13(9(2)3)8-10(4)14/h9-10,14H,5-8H2,1-4H3,(H,12,15)/t10-/m0/s1. The third kappa shape index (κ3) is 6.33. The van der Waals surface area contributed by atoms with Crippen LogP contribution < -0.4 is 5.32 Å². The predicted octanol–water partition coefficient (Wildman–Crippen LogP) is 1.59. The number of carbonyl (C=O) groups excluding carboxylic acids is 1. The second-order valence-corrected chi connectivity index (χ2v) is 4.18. The van der Waals surface area contributed by atoms with Gasteiger partial charge in [0.15, 0.2) is 0 Å². The fraction of sp³-hybridized carbons (Fsp3) is 0.909. The van der Waals surface area contributed by atoms with Crippen molar-refractivity contribution in [3.05, 3.63) is 0 Å². The average molecular weight is 216 g/mol. The first-order valence-corrected chi connectivity index (χ1v) is 5.71. The third-order valence-electron chi connectivity index (χ3n) is 2.15. The Morgan fingerprint density at radius 2 is 2.00 bits per heavy atom. The van der Waals surface area contributed by atoms with Crippen molar-refractivity contribution in [1.82, 2.24) is 10.2 Å². The molecule has 0 spiro atoms. The molecule has 90 valence electrons. The molecule has 0 aromatic heterocycles. The summed E-state index contributed by atoms with van der Waals surface area (Å²) in [5.41, 5.74) is 0. The largest absolute Gasteiger partial charge is 0.392 e. The molecule has 0 aromatic rings. The van der Waals surface area contributed by atoms with Crippen molar-refractivity contribution in [1.29, 1.82) is 0 Å². The van der Waals surface area contributed by atoms with Gasteiger partial charge in [0.1, 0.15) is 0 Å². The van der Waals surface area contributed by atoms with Gasteiger partial charge < -0.3 is 15.3 Å². The van der Waals surface area contributed by atoms with Crippen molar-refractivity contribution in [2.45, 2.75) is 52.7 Å². The monoisotopic (exact) mass is 216 g/mol. The molecule has 0 aromatic carbocycles. The molecule has 4 nitrogen and oxygen atoms in total. The molecule has 0 unspecified atom stereocenters. The Morgan fingerprint density at radius 3 is 2.40 bits per heavy atom. The highest BCUT2D eigenvalue weighted by Crippen LogP contribution is 2.01. The van der Waals surface area contributed by atoms with Gasteiger partial charge in [-0.15, -0.1) is 0 Å². The number of unbranched alkanes of at least 4 members (excludes halogenated alkanes) is 1. The number of rotatable bonds is 6. The first-order chi connectivity index (χ1) is 6.99. The Morgan fingerprint density at radius 1 is 1.40 bits per heavy atom. The Kier molecular flexibility index (Phi) is 7.13. The second kappa shape index (κ2) is 7.51. The van der Waals surface area contributed by atoms with E-state index in [0.29, 0.717) is 13.1 Å². The Bertz CT molecular complexity index is 181. The maximum Gasteiger partial charge on any atom is 0.317 e. The first kappa shape index (κ1) is 14.2. The average Bonchev–Trinajstić information content (AvgIpc) is 2.13. The van der Waals surface area contributed by atoms with Crippen molar-refractivity contribution in [3.63, 3.8) is 0 Å². The predicted molar refractivity (Wildman–Crippen MR) is 61.8 cm³/mol. The molecule has 0 saturated heterocycles. The van der Waals surface area contributed by atoms with Crippen molar-refractivity contribution in [3.8, 4) is 0 Å². The zero-order valence-corrected chi connectivity index (χ0v) is 10.3. The van der Waals surface area contributed by atoms with Crippen LogP contribution in [0.5, 0.6) is 0 Å². The molecule has 0 saturated carbocycles. The molecule has 4 heteroatoms. The first-order valence-electron chi connectivity index (χ1n) is 5.71. The van der Waals surface area contributed by atoms with Gasteiger partial charge in [0, 0.05) is 19.1 Å². The van der Waals surface area contributed by atoms with Crippen molar-refractivity contribution >= 4 is 6.03 Å². The number of hydrogen-bond acceptors (Lipinski definition) is 2. The molecular formula is C11H24N2O2. The molecular weight excluding hydrogens is 192 g/mol. The van der Waals surface area contributed by atoms with Crippen molar-refractivity contribution in [2.24, 2.45) is 0 Å². The SMILES string of the molecule is CCCCNC(=O)N(C[C@H](C)O)C(C)C. The van der Waals surface area contributed by atoms with Crippen molar-refractivity contribution in [2.75, 3.05) is 13.1 Å². The molecule has 0 fully saturated rings. The van der Waals surface area contributed by atoms with E-state index in [9.17, 15) is 9.90 Å². The second-order valence-electron chi connectivity index (χ2n) is 4.18. The number of nitrogens with one attached hydrogen (secondary N) is 1. The molecule has 0 bridgehead atoms. The summed E-state index contributed by atoms with van der Waals surface area (Å²) in [6.45, 7) is 8.76. The van der Waals surface area contributed by atoms with Crippen LogP contribution in [0.2, 0.25) is 0 Å². The smallest absolute Gasteiger partial charge is 0.317 e. The number of aliphatic hydroxyl groups excluding tert-OH is 1. The number of nitrogens with zero attached hydrogens (tertiary/aromatic N) is 1. The van der Waals surface area contributed by atoms with Crippen LogP contribution in [0.3, 0.4) is 0 Å². The number of urea groups is 1. The molecule has 15 heavy (non-hydrogen) atoms. The van der Waals surface area contributed by atoms with Crippen LogP contribution in [-0.2, 0) is 0 Å². The number of hydrogen-bond donors (Lipinski definition) is 2. The van der Waals surface area contributed by atoms with E-state index in [1.807, 2.05) is 13.8 Å². The van der Waals surface area contributed by atoms with E-state index in [2.05, 4.69) is 12.2 Å². The van der Waals surface area contributed by atoms with Crippen LogP contribution in [0.25, 0.3) is 0 Å². The Labute approximate surface area is 92.7 Å². The van der Waals surface area contributed by atoms with Gasteiger partial charge in [-0.2, -0.15) is 0 Å². The molecule has 0 rings (SSSR count). The minimum absolute atomic E-state index is 0.0839. The van der Waals surface area contributed by atoms with Crippen LogP contribution in [0.4, 0.5) is 4.79 Å². The summed E-state index contributed by atoms with van der Waals surface area (Å²) < 4.78 is 0. The van der Waals surface area contributed by atoms with Gasteiger partial charge in [-0.25, -0.2) is 4.79 Å². The maximum atomic E-state index is 11.7. The highest BCUT2D eigenvalue weighted by atomic mass is 16.3. The van der Waals surface area contributed by atoms with Crippen LogP contribution in [0.15, 0.2) is 0 Å². The lowest BCUT2D eigenvalue weighted by Crippen LogP contribution is -2.47. The van der Waals surface area contributed by atoms with Gasteiger partial charge in [0.25, 0.3) is 0 Å². The number of carbonyl (C=O) groups is 1. The molecule has 0 aliphatic heterocycles. The molecule has 2 N–H and O–H groups in total. The summed E-state index contributed by atoms with van der Waals surface area (Å²) in [4.78, 5) is 13.4. The van der Waals surface area contributed by atoms with E-state index >= 15 is 0 Å². The van der Waals surface area contributed by atoms with Gasteiger partial charge in [-0.1, -0.05) is 13.3 Å². The van der Waals surface area contributed by atoms with Gasteiger partial charge in [-0.3, -0.25) is 0 Å². The number of amides is 2. The third-order valence-corrected chi connectivity index (χ3v) is 2.15. The lowest BCUT2D eigenvalue weighted by molar-refractivity contribution is 0.119. The minimum atomic E-state index is -0.482. The highest BCUT2D eigenvalue weighted by Gasteiger charge is 2.17. The van der Waals surface area contributed by atoms with E-state index in [0.717, 1.165) is 12.8 Å². The Hall–Kier alpha value is -0.770. The van der Waals surface area contributed by atoms with Crippen LogP contribution >= 0.6 is 0 Å². The minimum Gasteiger partial charge on any atom is -0.392 e. The summed E-state index contributed by atoms with van der Waals surface area (Å²) in [6.07, 6.45) is 1.58. The lowest BCUT2D eigenvalue weighted by Gasteiger charge is -2.28. The lowest BCUT2D eigenvalue weighted by atomic mass is 10.3. The fourth-order valence-electron chi connectivity index (χ4n) is 1.29. The van der Waals surface area contributed by atoms with Gasteiger partial charge >= 0.3 is 6.03 Å². The van der Waals surface area contributed by atoms with Crippen LogP contribution in [-0.4, -0.2) is 41.3 Å². The van der Waals surface area contributed by atoms with Crippen molar-refractivity contribution < 1.29 is 9.90 Å². The van der Waals surface area contributed by atoms with Gasteiger partial charge in [0.2, 0.25) is 0 Å². The summed E-state index contributed by atoms with van der Waals surface area (Å²) in [7, 11) is 0. The molecule has 2 amide bonds. The summed E-state index contributed by atoms with van der Waals surface area (Å²) in [5, 5.41) is 12.1. The highest BCUT2D eigenvalue weighted by molar-refractivity contribution is 5.74. The zero-order valence-electron chi connectivity index (χ0n) is 10.3. The van der Waals surface area contributed by atoms with Gasteiger partial charge in [-0.05, 0) is 27.2 Å². The summed E-state index contributed by atoms with van der Waals surface area (Å²) >= 11 is 0. The fourth-order valence-corrected chi connectivity index (χ4v) is 1.29. The Balaban J connectivity index is 4.05. The number of aliphatic hydroxyl groups is 1. The van der Waals surface area contributed by atoms with E-state index in [-0.39, 0.29) is 12.1 Å². The van der Waals surface area contributed by atoms with E-state index in [1.54, 1.807) is 11.8 Å². The molecule has 0 radical (unpaired) electrons. The van der Waals surface area contributed by atoms with Gasteiger partial charge in [0.05, 0.1) is 6.10 Å². The van der Waals surface area contributed by atoms with E-state index in [4.69, 9.17) is 0 Å². The quantitative estimate of drug-likeness (QED) is 0.662. The zero-order chi connectivity index (χ0) is 11.8. The summed E-state index contributed by atoms with van der Waals surface area (Å²) in [5.74, 6) is 0. The van der Waals surface area contributed by atoms with E-state index in [1.165, 1.54) is 0 Å². The molecule has 1 atom stereocenters. The molecule has 0 heterocycles.